The van der Waals surface area contributed by atoms with Gasteiger partial charge in [-0.25, -0.2) is 9.98 Å². The van der Waals surface area contributed by atoms with E-state index in [0.29, 0.717) is 0 Å². The molecule has 8 N–H and O–H groups in total. The third kappa shape index (κ3) is 6.38. The van der Waals surface area contributed by atoms with Crippen molar-refractivity contribution >= 4 is 45.5 Å². The highest BCUT2D eigenvalue weighted by molar-refractivity contribution is 6.15. The number of nitrogens with two attached hydrogens (primary N) is 4. The third-order valence-corrected chi connectivity index (χ3v) is 8.80. The second kappa shape index (κ2) is 12.6. The lowest BCUT2D eigenvalue weighted by Crippen LogP contribution is -2.08. The number of aliphatic imine (C=N–C) groups is 2. The van der Waals surface area contributed by atoms with E-state index in [0.717, 1.165) is 112 Å². The summed E-state index contributed by atoms with van der Waals surface area (Å²) in [5, 5.41) is 0. The number of hydrogen-bond acceptors (Lipinski definition) is 6. The molecular formula is C40H44N6. The van der Waals surface area contributed by atoms with Gasteiger partial charge >= 0.3 is 0 Å². The molecule has 0 aliphatic carbocycles. The van der Waals surface area contributed by atoms with Crippen LogP contribution in [0, 0.1) is 55.4 Å². The lowest BCUT2D eigenvalue weighted by molar-refractivity contribution is 1.34. The number of nitrogen functional groups attached to an aromatic ring is 4. The van der Waals surface area contributed by atoms with Crippen molar-refractivity contribution in [1.29, 1.82) is 0 Å². The molecule has 0 unspecified atom stereocenters. The van der Waals surface area contributed by atoms with Crippen LogP contribution in [0.15, 0.2) is 82.8 Å². The molecule has 0 saturated carbocycles. The van der Waals surface area contributed by atoms with E-state index >= 15 is 0 Å². The van der Waals surface area contributed by atoms with Crippen LogP contribution in [0.1, 0.15) is 66.8 Å². The third-order valence-electron chi connectivity index (χ3n) is 8.80. The van der Waals surface area contributed by atoms with Crippen molar-refractivity contribution in [3.63, 3.8) is 0 Å². The number of rotatable bonds is 6. The topological polar surface area (TPSA) is 129 Å². The molecular weight excluding hydrogens is 564 g/mol. The van der Waals surface area contributed by atoms with Crippen LogP contribution in [0.2, 0.25) is 0 Å². The zero-order valence-corrected chi connectivity index (χ0v) is 28.1. The predicted octanol–water partition coefficient (Wildman–Crippen LogP) is 8.82. The van der Waals surface area contributed by atoms with Crippen LogP contribution >= 0.6 is 0 Å². The van der Waals surface area contributed by atoms with Gasteiger partial charge in [-0.15, -0.1) is 0 Å². The van der Waals surface area contributed by atoms with Crippen molar-refractivity contribution in [2.75, 3.05) is 22.9 Å². The molecule has 6 heteroatoms. The van der Waals surface area contributed by atoms with Gasteiger partial charge in [-0.3, -0.25) is 0 Å². The minimum absolute atomic E-state index is 0.795. The molecule has 5 aromatic carbocycles. The Morgan fingerprint density at radius 3 is 0.696 bits per heavy atom. The Labute approximate surface area is 272 Å². The zero-order chi connectivity index (χ0) is 33.4. The maximum atomic E-state index is 6.32. The molecule has 0 aromatic heterocycles. The van der Waals surface area contributed by atoms with E-state index in [9.17, 15) is 0 Å². The number of anilines is 4. The standard InChI is InChI=1S/C40H44N6/c1-21-13-29(14-22(2)35(21)41)39(30-15-23(3)36(42)24(4)16-30)45-33-9-11-34(12-10-33)46-40(31-17-25(5)37(43)26(6)18-31)32-19-27(7)38(44)28(8)20-32/h9-20H,41-44H2,1-8H3. The highest BCUT2D eigenvalue weighted by atomic mass is 14.8. The summed E-state index contributed by atoms with van der Waals surface area (Å²) in [6, 6.07) is 24.8. The molecule has 0 fully saturated rings. The first kappa shape index (κ1) is 32.0. The predicted molar refractivity (Wildman–Crippen MR) is 198 cm³/mol. The first-order valence-electron chi connectivity index (χ1n) is 15.5. The molecule has 0 aliphatic rings. The fourth-order valence-electron chi connectivity index (χ4n) is 5.90. The Kier molecular flexibility index (Phi) is 8.75. The molecule has 0 amide bonds. The van der Waals surface area contributed by atoms with Gasteiger partial charge in [0.15, 0.2) is 0 Å². The van der Waals surface area contributed by atoms with Crippen molar-refractivity contribution in [1.82, 2.24) is 0 Å². The van der Waals surface area contributed by atoms with Crippen LogP contribution in [0.3, 0.4) is 0 Å². The molecule has 46 heavy (non-hydrogen) atoms. The summed E-state index contributed by atoms with van der Waals surface area (Å²) in [7, 11) is 0. The molecule has 0 radical (unpaired) electrons. The Balaban J connectivity index is 1.64. The molecule has 234 valence electrons. The fraction of sp³-hybridized carbons (Fsp3) is 0.200. The van der Waals surface area contributed by atoms with Gasteiger partial charge in [0.1, 0.15) is 0 Å². The van der Waals surface area contributed by atoms with E-state index in [2.05, 4.69) is 48.5 Å². The van der Waals surface area contributed by atoms with Gasteiger partial charge in [0, 0.05) is 45.0 Å². The fourth-order valence-corrected chi connectivity index (χ4v) is 5.90. The molecule has 6 nitrogen and oxygen atoms in total. The van der Waals surface area contributed by atoms with E-state index < -0.39 is 0 Å². The summed E-state index contributed by atoms with van der Waals surface area (Å²) in [6.45, 7) is 16.2. The van der Waals surface area contributed by atoms with Gasteiger partial charge in [0.05, 0.1) is 22.8 Å². The number of nitrogens with zero attached hydrogens (tertiary/aromatic N) is 2. The minimum Gasteiger partial charge on any atom is -0.398 e. The van der Waals surface area contributed by atoms with Crippen molar-refractivity contribution in [3.05, 3.63) is 140 Å². The van der Waals surface area contributed by atoms with Gasteiger partial charge in [-0.2, -0.15) is 0 Å². The Morgan fingerprint density at radius 1 is 0.348 bits per heavy atom. The van der Waals surface area contributed by atoms with E-state index in [-0.39, 0.29) is 0 Å². The Bertz CT molecular complexity index is 1690. The Morgan fingerprint density at radius 2 is 0.522 bits per heavy atom. The summed E-state index contributed by atoms with van der Waals surface area (Å²) in [5.41, 5.74) is 43.9. The largest absolute Gasteiger partial charge is 0.398 e. The molecule has 0 heterocycles. The van der Waals surface area contributed by atoms with Crippen LogP contribution in [0.5, 0.6) is 0 Å². The first-order valence-corrected chi connectivity index (χ1v) is 15.5. The SMILES string of the molecule is Cc1cc(C(=Nc2ccc(N=C(c3cc(C)c(N)c(C)c3)c3cc(C)c(N)c(C)c3)cc2)c2cc(C)c(N)c(C)c2)cc(C)c1N. The van der Waals surface area contributed by atoms with Crippen LogP contribution < -0.4 is 22.9 Å². The number of hydrogen-bond donors (Lipinski definition) is 4. The van der Waals surface area contributed by atoms with E-state index in [1.165, 1.54) is 0 Å². The monoisotopic (exact) mass is 608 g/mol. The lowest BCUT2D eigenvalue weighted by Gasteiger charge is -2.15. The summed E-state index contributed by atoms with van der Waals surface area (Å²) in [5.74, 6) is 0. The second-order valence-electron chi connectivity index (χ2n) is 12.5. The lowest BCUT2D eigenvalue weighted by atomic mass is 9.94. The molecule has 0 aliphatic heterocycles. The smallest absolute Gasteiger partial charge is 0.0781 e. The van der Waals surface area contributed by atoms with E-state index in [4.69, 9.17) is 32.9 Å². The number of aryl methyl sites for hydroxylation is 8. The van der Waals surface area contributed by atoms with Gasteiger partial charge in [-0.1, -0.05) is 0 Å². The van der Waals surface area contributed by atoms with Gasteiger partial charge < -0.3 is 22.9 Å². The minimum atomic E-state index is 0.795. The summed E-state index contributed by atoms with van der Waals surface area (Å²) in [6.07, 6.45) is 0. The maximum absolute atomic E-state index is 6.32. The van der Waals surface area contributed by atoms with Crippen LogP contribution in [-0.2, 0) is 0 Å². The maximum Gasteiger partial charge on any atom is 0.0781 e. The van der Waals surface area contributed by atoms with E-state index in [1.807, 2.05) is 79.7 Å². The van der Waals surface area contributed by atoms with Crippen molar-refractivity contribution < 1.29 is 0 Å². The molecule has 5 aromatic rings. The average Bonchev–Trinajstić information content (AvgIpc) is 3.01. The van der Waals surface area contributed by atoms with Crippen LogP contribution in [-0.4, -0.2) is 11.4 Å². The highest BCUT2D eigenvalue weighted by Crippen LogP contribution is 2.30. The molecule has 0 saturated heterocycles. The summed E-state index contributed by atoms with van der Waals surface area (Å²) >= 11 is 0. The molecule has 5 rings (SSSR count). The summed E-state index contributed by atoms with van der Waals surface area (Å²) < 4.78 is 0. The van der Waals surface area contributed by atoms with Gasteiger partial charge in [0.25, 0.3) is 0 Å². The quantitative estimate of drug-likeness (QED) is 0.113. The van der Waals surface area contributed by atoms with Crippen molar-refractivity contribution in [2.45, 2.75) is 55.4 Å². The van der Waals surface area contributed by atoms with E-state index in [1.54, 1.807) is 0 Å². The van der Waals surface area contributed by atoms with Crippen LogP contribution in [0.4, 0.5) is 34.1 Å². The van der Waals surface area contributed by atoms with Crippen LogP contribution in [0.25, 0.3) is 0 Å². The highest BCUT2D eigenvalue weighted by Gasteiger charge is 2.15. The Hall–Kier alpha value is -5.36. The summed E-state index contributed by atoms with van der Waals surface area (Å²) in [4.78, 5) is 10.4. The first-order chi connectivity index (χ1) is 21.7. The zero-order valence-electron chi connectivity index (χ0n) is 28.1. The van der Waals surface area contributed by atoms with Gasteiger partial charge in [0.2, 0.25) is 0 Å². The van der Waals surface area contributed by atoms with Crippen molar-refractivity contribution in [2.24, 2.45) is 9.98 Å². The molecule has 0 spiro atoms. The van der Waals surface area contributed by atoms with Crippen molar-refractivity contribution in [3.8, 4) is 0 Å². The normalized spacial score (nSPS) is 11.0. The second-order valence-corrected chi connectivity index (χ2v) is 12.5. The molecule has 0 bridgehead atoms. The molecule has 0 atom stereocenters. The van der Waals surface area contributed by atoms with Gasteiger partial charge in [-0.05, 0) is 173 Å². The average molecular weight is 609 g/mol. The number of benzene rings is 5.